The van der Waals surface area contributed by atoms with Crippen molar-refractivity contribution in [1.29, 1.82) is 0 Å². The van der Waals surface area contributed by atoms with Gasteiger partial charge in [0.05, 0.1) is 6.54 Å². The van der Waals surface area contributed by atoms with Gasteiger partial charge in [0.1, 0.15) is 12.2 Å². The number of rotatable bonds is 5. The van der Waals surface area contributed by atoms with Crippen LogP contribution >= 0.6 is 15.9 Å². The van der Waals surface area contributed by atoms with E-state index in [0.29, 0.717) is 6.04 Å². The first-order chi connectivity index (χ1) is 6.25. The minimum atomic E-state index is 0.378. The highest BCUT2D eigenvalue weighted by molar-refractivity contribution is 9.09. The van der Waals surface area contributed by atoms with Gasteiger partial charge in [-0.2, -0.15) is 5.10 Å². The molecule has 0 saturated heterocycles. The lowest BCUT2D eigenvalue weighted by molar-refractivity contribution is 0.493. The smallest absolute Gasteiger partial charge is 0.141 e. The van der Waals surface area contributed by atoms with Crippen molar-refractivity contribution in [3.8, 4) is 0 Å². The predicted octanol–water partition coefficient (Wildman–Crippen LogP) is 1.34. The molecule has 0 aliphatic carbocycles. The van der Waals surface area contributed by atoms with E-state index in [-0.39, 0.29) is 0 Å². The van der Waals surface area contributed by atoms with Crippen molar-refractivity contribution in [2.24, 2.45) is 0 Å². The van der Waals surface area contributed by atoms with Crippen molar-refractivity contribution < 1.29 is 0 Å². The van der Waals surface area contributed by atoms with Crippen LogP contribution in [0.5, 0.6) is 0 Å². The third kappa shape index (κ3) is 3.08. The van der Waals surface area contributed by atoms with Crippen molar-refractivity contribution in [2.45, 2.75) is 26.4 Å². The van der Waals surface area contributed by atoms with Crippen molar-refractivity contribution in [3.05, 3.63) is 12.2 Å². The molecule has 74 valence electrons. The zero-order valence-electron chi connectivity index (χ0n) is 8.00. The average Bonchev–Trinajstić information content (AvgIpc) is 2.53. The maximum Gasteiger partial charge on any atom is 0.141 e. The summed E-state index contributed by atoms with van der Waals surface area (Å²) in [4.78, 5) is 4.18. The third-order valence-electron chi connectivity index (χ3n) is 1.69. The maximum atomic E-state index is 4.18. The Morgan fingerprint density at radius 2 is 2.38 bits per heavy atom. The second kappa shape index (κ2) is 5.34. The van der Waals surface area contributed by atoms with E-state index in [1.165, 1.54) is 0 Å². The number of hydrogen-bond acceptors (Lipinski definition) is 3. The van der Waals surface area contributed by atoms with Gasteiger partial charge in [-0.3, -0.25) is 0 Å². The van der Waals surface area contributed by atoms with Gasteiger partial charge in [0.2, 0.25) is 0 Å². The lowest BCUT2D eigenvalue weighted by atomic mass is 10.4. The van der Waals surface area contributed by atoms with Crippen LogP contribution in [0.1, 0.15) is 25.7 Å². The van der Waals surface area contributed by atoms with Gasteiger partial charge >= 0.3 is 0 Å². The Kier molecular flexibility index (Phi) is 4.38. The van der Waals surface area contributed by atoms with Crippen LogP contribution in [0.4, 0.5) is 0 Å². The molecule has 0 unspecified atom stereocenters. The Hall–Kier alpha value is -0.420. The van der Waals surface area contributed by atoms with Crippen molar-refractivity contribution >= 4 is 15.9 Å². The number of alkyl halides is 1. The highest BCUT2D eigenvalue weighted by atomic mass is 79.9. The van der Waals surface area contributed by atoms with E-state index in [0.717, 1.165) is 24.2 Å². The summed E-state index contributed by atoms with van der Waals surface area (Å²) >= 11 is 3.36. The standard InChI is InChI=1S/C8H15BrN4/c1-7(2)13-8(11-6-12-13)5-10-4-3-9/h6-7,10H,3-5H2,1-2H3. The molecule has 5 heteroatoms. The van der Waals surface area contributed by atoms with Crippen LogP contribution in [0, 0.1) is 0 Å². The molecule has 0 amide bonds. The number of aromatic nitrogens is 3. The van der Waals surface area contributed by atoms with Crippen LogP contribution in [0.2, 0.25) is 0 Å². The van der Waals surface area contributed by atoms with Gasteiger partial charge in [-0.1, -0.05) is 15.9 Å². The molecule has 13 heavy (non-hydrogen) atoms. The largest absolute Gasteiger partial charge is 0.309 e. The molecular formula is C8H15BrN4. The first-order valence-electron chi connectivity index (χ1n) is 4.40. The topological polar surface area (TPSA) is 42.7 Å². The number of nitrogens with zero attached hydrogens (tertiary/aromatic N) is 3. The van der Waals surface area contributed by atoms with Crippen LogP contribution in [0.15, 0.2) is 6.33 Å². The molecule has 0 atom stereocenters. The SMILES string of the molecule is CC(C)n1ncnc1CNCCBr. The molecule has 1 aromatic heterocycles. The van der Waals surface area contributed by atoms with Gasteiger partial charge in [-0.25, -0.2) is 9.67 Å². The molecule has 0 aliphatic heterocycles. The molecular weight excluding hydrogens is 232 g/mol. The highest BCUT2D eigenvalue weighted by Crippen LogP contribution is 2.04. The number of hydrogen-bond donors (Lipinski definition) is 1. The van der Waals surface area contributed by atoms with Crippen LogP contribution in [0.25, 0.3) is 0 Å². The van der Waals surface area contributed by atoms with Crippen molar-refractivity contribution in [2.75, 3.05) is 11.9 Å². The Morgan fingerprint density at radius 3 is 3.00 bits per heavy atom. The van der Waals surface area contributed by atoms with E-state index >= 15 is 0 Å². The van der Waals surface area contributed by atoms with E-state index in [1.54, 1.807) is 6.33 Å². The van der Waals surface area contributed by atoms with Crippen molar-refractivity contribution in [1.82, 2.24) is 20.1 Å². The highest BCUT2D eigenvalue weighted by Gasteiger charge is 2.05. The van der Waals surface area contributed by atoms with Gasteiger partial charge < -0.3 is 5.32 Å². The van der Waals surface area contributed by atoms with Crippen LogP contribution in [-0.2, 0) is 6.54 Å². The Balaban J connectivity index is 2.50. The van der Waals surface area contributed by atoms with E-state index in [9.17, 15) is 0 Å². The summed E-state index contributed by atoms with van der Waals surface area (Å²) in [5.74, 6) is 0.996. The van der Waals surface area contributed by atoms with E-state index in [2.05, 4.69) is 45.2 Å². The van der Waals surface area contributed by atoms with E-state index < -0.39 is 0 Å². The molecule has 0 aromatic carbocycles. The minimum absolute atomic E-state index is 0.378. The molecule has 0 bridgehead atoms. The minimum Gasteiger partial charge on any atom is -0.309 e. The molecule has 0 saturated carbocycles. The summed E-state index contributed by atoms with van der Waals surface area (Å²) in [6, 6.07) is 0.378. The summed E-state index contributed by atoms with van der Waals surface area (Å²) in [6.07, 6.45) is 1.60. The number of halogens is 1. The summed E-state index contributed by atoms with van der Waals surface area (Å²) in [7, 11) is 0. The molecule has 1 N–H and O–H groups in total. The van der Waals surface area contributed by atoms with E-state index in [1.807, 2.05) is 4.68 Å². The molecule has 1 heterocycles. The fourth-order valence-electron chi connectivity index (χ4n) is 1.10. The van der Waals surface area contributed by atoms with Crippen LogP contribution < -0.4 is 5.32 Å². The summed E-state index contributed by atoms with van der Waals surface area (Å²) in [5, 5.41) is 8.37. The second-order valence-electron chi connectivity index (χ2n) is 3.08. The fourth-order valence-corrected chi connectivity index (χ4v) is 1.38. The van der Waals surface area contributed by atoms with Gasteiger partial charge in [-0.15, -0.1) is 0 Å². The average molecular weight is 247 g/mol. The molecule has 0 radical (unpaired) electrons. The molecule has 1 aromatic rings. The number of nitrogens with one attached hydrogen (secondary N) is 1. The lowest BCUT2D eigenvalue weighted by Gasteiger charge is -2.09. The molecule has 1 rings (SSSR count). The Morgan fingerprint density at radius 1 is 1.62 bits per heavy atom. The zero-order chi connectivity index (χ0) is 9.68. The van der Waals surface area contributed by atoms with E-state index in [4.69, 9.17) is 0 Å². The summed E-state index contributed by atoms with van der Waals surface area (Å²) < 4.78 is 1.93. The third-order valence-corrected chi connectivity index (χ3v) is 2.09. The quantitative estimate of drug-likeness (QED) is 0.630. The van der Waals surface area contributed by atoms with Gasteiger partial charge in [-0.05, 0) is 13.8 Å². The predicted molar refractivity (Wildman–Crippen MR) is 55.9 cm³/mol. The lowest BCUT2D eigenvalue weighted by Crippen LogP contribution is -2.20. The van der Waals surface area contributed by atoms with Gasteiger partial charge in [0.25, 0.3) is 0 Å². The summed E-state index contributed by atoms with van der Waals surface area (Å²) in [6.45, 7) is 5.93. The Bertz CT molecular complexity index is 246. The molecule has 4 nitrogen and oxygen atoms in total. The normalized spacial score (nSPS) is 11.1. The fraction of sp³-hybridized carbons (Fsp3) is 0.750. The van der Waals surface area contributed by atoms with Crippen molar-refractivity contribution in [3.63, 3.8) is 0 Å². The maximum absolute atomic E-state index is 4.18. The summed E-state index contributed by atoms with van der Waals surface area (Å²) in [5.41, 5.74) is 0. The first kappa shape index (κ1) is 10.7. The monoisotopic (exact) mass is 246 g/mol. The van der Waals surface area contributed by atoms with Gasteiger partial charge in [0.15, 0.2) is 0 Å². The van der Waals surface area contributed by atoms with Crippen LogP contribution in [-0.4, -0.2) is 26.6 Å². The first-order valence-corrected chi connectivity index (χ1v) is 5.53. The second-order valence-corrected chi connectivity index (χ2v) is 3.87. The molecule has 0 spiro atoms. The van der Waals surface area contributed by atoms with Crippen LogP contribution in [0.3, 0.4) is 0 Å². The molecule has 0 fully saturated rings. The van der Waals surface area contributed by atoms with Gasteiger partial charge in [0, 0.05) is 17.9 Å². The molecule has 0 aliphatic rings. The Labute approximate surface area is 86.9 Å². The zero-order valence-corrected chi connectivity index (χ0v) is 9.58.